The molecule has 2 aromatic heterocycles. The highest BCUT2D eigenvalue weighted by molar-refractivity contribution is 8.76. The first-order valence-electron chi connectivity index (χ1n) is 8.25. The Morgan fingerprint density at radius 3 is 2.81 bits per heavy atom. The van der Waals surface area contributed by atoms with E-state index in [9.17, 15) is 13.9 Å². The molecule has 1 aromatic carbocycles. The number of aromatic nitrogens is 5. The van der Waals surface area contributed by atoms with Crippen LogP contribution in [-0.2, 0) is 18.7 Å². The van der Waals surface area contributed by atoms with E-state index in [-0.39, 0.29) is 12.1 Å². The Balaban J connectivity index is 1.75. The van der Waals surface area contributed by atoms with Crippen molar-refractivity contribution < 1.29 is 13.9 Å². The van der Waals surface area contributed by atoms with Crippen LogP contribution >= 0.6 is 21.6 Å². The van der Waals surface area contributed by atoms with Crippen molar-refractivity contribution in [1.82, 2.24) is 24.5 Å². The molecule has 0 fully saturated rings. The van der Waals surface area contributed by atoms with Crippen molar-refractivity contribution in [2.45, 2.75) is 30.9 Å². The third kappa shape index (κ3) is 4.88. The largest absolute Gasteiger partial charge is 0.382 e. The van der Waals surface area contributed by atoms with Crippen LogP contribution in [-0.4, -0.2) is 40.7 Å². The number of hydrogen-bond donors (Lipinski definition) is 1. The molecule has 0 saturated heterocycles. The third-order valence-corrected chi connectivity index (χ3v) is 7.05. The van der Waals surface area contributed by atoms with Crippen molar-refractivity contribution in [1.29, 1.82) is 0 Å². The highest BCUT2D eigenvalue weighted by Gasteiger charge is 2.40. The zero-order valence-electron chi connectivity index (χ0n) is 14.6. The predicted molar refractivity (Wildman–Crippen MR) is 102 cm³/mol. The van der Waals surface area contributed by atoms with E-state index < -0.39 is 22.5 Å². The van der Waals surface area contributed by atoms with Gasteiger partial charge in [-0.2, -0.15) is 10.2 Å². The minimum Gasteiger partial charge on any atom is -0.382 e. The van der Waals surface area contributed by atoms with Gasteiger partial charge in [0, 0.05) is 29.0 Å². The average Bonchev–Trinajstić information content (AvgIpc) is 3.34. The van der Waals surface area contributed by atoms with Gasteiger partial charge in [0.25, 0.3) is 0 Å². The van der Waals surface area contributed by atoms with Crippen LogP contribution < -0.4 is 0 Å². The summed E-state index contributed by atoms with van der Waals surface area (Å²) in [6.07, 6.45) is 6.35. The first-order chi connectivity index (χ1) is 13.0. The van der Waals surface area contributed by atoms with Crippen molar-refractivity contribution in [3.63, 3.8) is 0 Å². The van der Waals surface area contributed by atoms with Gasteiger partial charge in [0.15, 0.2) is 0 Å². The van der Waals surface area contributed by atoms with E-state index in [2.05, 4.69) is 15.2 Å². The molecular weight excluding hydrogens is 392 g/mol. The Kier molecular flexibility index (Phi) is 6.51. The monoisotopic (exact) mass is 411 g/mol. The standard InChI is InChI=1S/C17H19F2N5OS2/c1-13(27-26-8-7-23-6-2-5-21-23)17(25,10-24-12-20-11-22-24)15-9-14(18)3-4-16(15)19/h2-6,9,11-13,25H,7-8,10H2,1H3/t13-,17-/m1/s1. The molecule has 10 heteroatoms. The van der Waals surface area contributed by atoms with Gasteiger partial charge in [0.2, 0.25) is 0 Å². The van der Waals surface area contributed by atoms with Gasteiger partial charge in [0.05, 0.1) is 13.1 Å². The molecule has 0 radical (unpaired) electrons. The highest BCUT2D eigenvalue weighted by Crippen LogP contribution is 2.40. The maximum absolute atomic E-state index is 14.4. The van der Waals surface area contributed by atoms with Gasteiger partial charge >= 0.3 is 0 Å². The summed E-state index contributed by atoms with van der Waals surface area (Å²) in [5.74, 6) is -0.512. The summed E-state index contributed by atoms with van der Waals surface area (Å²) in [6.45, 7) is 2.46. The Bertz CT molecular complexity index is 847. The third-order valence-electron chi connectivity index (χ3n) is 4.11. The van der Waals surface area contributed by atoms with Gasteiger partial charge in [-0.1, -0.05) is 21.6 Å². The number of rotatable bonds is 9. The maximum atomic E-state index is 14.4. The summed E-state index contributed by atoms with van der Waals surface area (Å²) >= 11 is 0. The lowest BCUT2D eigenvalue weighted by atomic mass is 9.90. The summed E-state index contributed by atoms with van der Waals surface area (Å²) < 4.78 is 31.4. The van der Waals surface area contributed by atoms with E-state index in [1.807, 2.05) is 16.9 Å². The number of nitrogens with zero attached hydrogens (tertiary/aromatic N) is 5. The molecule has 27 heavy (non-hydrogen) atoms. The molecule has 0 amide bonds. The van der Waals surface area contributed by atoms with Gasteiger partial charge < -0.3 is 5.11 Å². The molecular formula is C17H19F2N5OS2. The molecule has 3 aromatic rings. The van der Waals surface area contributed by atoms with Crippen LogP contribution in [0.2, 0.25) is 0 Å². The summed E-state index contributed by atoms with van der Waals surface area (Å²) in [5, 5.41) is 19.0. The van der Waals surface area contributed by atoms with E-state index >= 15 is 0 Å². The number of benzene rings is 1. The number of hydrogen-bond acceptors (Lipinski definition) is 6. The fourth-order valence-corrected chi connectivity index (χ4v) is 5.14. The van der Waals surface area contributed by atoms with E-state index in [4.69, 9.17) is 0 Å². The van der Waals surface area contributed by atoms with E-state index in [0.717, 1.165) is 24.0 Å². The van der Waals surface area contributed by atoms with E-state index in [0.29, 0.717) is 6.54 Å². The molecule has 0 unspecified atom stereocenters. The van der Waals surface area contributed by atoms with Crippen molar-refractivity contribution in [2.24, 2.45) is 0 Å². The van der Waals surface area contributed by atoms with Gasteiger partial charge in [-0.25, -0.2) is 18.4 Å². The molecule has 0 aliphatic carbocycles. The Hall–Kier alpha value is -1.91. The molecule has 3 rings (SSSR count). The Labute approximate surface area is 163 Å². The fourth-order valence-electron chi connectivity index (χ4n) is 2.62. The van der Waals surface area contributed by atoms with Crippen molar-refractivity contribution in [2.75, 3.05) is 5.75 Å². The molecule has 2 heterocycles. The van der Waals surface area contributed by atoms with Crippen LogP contribution in [0.4, 0.5) is 8.78 Å². The second-order valence-electron chi connectivity index (χ2n) is 5.97. The first-order valence-corrected chi connectivity index (χ1v) is 10.6. The van der Waals surface area contributed by atoms with Crippen molar-refractivity contribution >= 4 is 21.6 Å². The fraction of sp³-hybridized carbons (Fsp3) is 0.353. The SMILES string of the molecule is C[C@@H](SSCCn1cccn1)[C@](O)(Cn1cncn1)c1cc(F)ccc1F. The number of aryl methyl sites for hydroxylation is 1. The topological polar surface area (TPSA) is 68.8 Å². The van der Waals surface area contributed by atoms with E-state index in [1.54, 1.807) is 13.1 Å². The van der Waals surface area contributed by atoms with Gasteiger partial charge in [-0.15, -0.1) is 0 Å². The second kappa shape index (κ2) is 8.85. The normalized spacial score (nSPS) is 14.8. The van der Waals surface area contributed by atoms with Crippen LogP contribution in [0, 0.1) is 11.6 Å². The molecule has 1 N–H and O–H groups in total. The lowest BCUT2D eigenvalue weighted by Gasteiger charge is -2.34. The summed E-state index contributed by atoms with van der Waals surface area (Å²) in [5.41, 5.74) is -1.76. The number of aliphatic hydroxyl groups is 1. The maximum Gasteiger partial charge on any atom is 0.137 e. The molecule has 144 valence electrons. The minimum atomic E-state index is -1.66. The van der Waals surface area contributed by atoms with Crippen LogP contribution in [0.5, 0.6) is 0 Å². The highest BCUT2D eigenvalue weighted by atomic mass is 33.1. The van der Waals surface area contributed by atoms with Crippen molar-refractivity contribution in [3.05, 3.63) is 66.5 Å². The summed E-state index contributed by atoms with van der Waals surface area (Å²) in [4.78, 5) is 3.85. The molecule has 0 aliphatic rings. The van der Waals surface area contributed by atoms with Crippen LogP contribution in [0.3, 0.4) is 0 Å². The lowest BCUT2D eigenvalue weighted by molar-refractivity contribution is 0.0135. The van der Waals surface area contributed by atoms with Gasteiger partial charge in [-0.3, -0.25) is 4.68 Å². The molecule has 0 saturated carbocycles. The van der Waals surface area contributed by atoms with Gasteiger partial charge in [-0.05, 0) is 31.2 Å². The molecule has 0 bridgehead atoms. The minimum absolute atomic E-state index is 0.0404. The summed E-state index contributed by atoms with van der Waals surface area (Å²) in [6, 6.07) is 4.95. The van der Waals surface area contributed by atoms with Crippen molar-refractivity contribution in [3.8, 4) is 0 Å². The molecule has 6 nitrogen and oxygen atoms in total. The zero-order chi connectivity index (χ0) is 19.3. The lowest BCUT2D eigenvalue weighted by Crippen LogP contribution is -2.41. The van der Waals surface area contributed by atoms with Gasteiger partial charge in [0.1, 0.15) is 29.9 Å². The number of halogens is 2. The Morgan fingerprint density at radius 1 is 1.26 bits per heavy atom. The predicted octanol–water partition coefficient (Wildman–Crippen LogP) is 3.11. The second-order valence-corrected chi connectivity index (χ2v) is 8.80. The van der Waals surface area contributed by atoms with Crippen LogP contribution in [0.1, 0.15) is 12.5 Å². The van der Waals surface area contributed by atoms with Crippen LogP contribution in [0.25, 0.3) is 0 Å². The smallest absolute Gasteiger partial charge is 0.137 e. The Morgan fingerprint density at radius 2 is 2.11 bits per heavy atom. The molecule has 0 aliphatic heterocycles. The average molecular weight is 412 g/mol. The van der Waals surface area contributed by atoms with Crippen LogP contribution in [0.15, 0.2) is 49.3 Å². The molecule has 0 spiro atoms. The summed E-state index contributed by atoms with van der Waals surface area (Å²) in [7, 11) is 2.95. The zero-order valence-corrected chi connectivity index (χ0v) is 16.2. The molecule has 2 atom stereocenters. The quantitative estimate of drug-likeness (QED) is 0.431. The van der Waals surface area contributed by atoms with E-state index in [1.165, 1.54) is 38.9 Å². The first kappa shape index (κ1) is 19.8.